The van der Waals surface area contributed by atoms with E-state index >= 15 is 0 Å². The third-order valence-corrected chi connectivity index (χ3v) is 4.78. The molecule has 2 rings (SSSR count). The van der Waals surface area contributed by atoms with Gasteiger partial charge >= 0.3 is 0 Å². The zero-order chi connectivity index (χ0) is 16.0. The van der Waals surface area contributed by atoms with Crippen molar-refractivity contribution in [3.8, 4) is 0 Å². The van der Waals surface area contributed by atoms with E-state index in [0.29, 0.717) is 6.42 Å². The summed E-state index contributed by atoms with van der Waals surface area (Å²) in [6.45, 7) is 10.8. The summed E-state index contributed by atoms with van der Waals surface area (Å²) in [4.78, 5) is 21.0. The number of nitrogens with zero attached hydrogens (tertiary/aromatic N) is 3. The Morgan fingerprint density at radius 1 is 1.50 bits per heavy atom. The van der Waals surface area contributed by atoms with E-state index in [-0.39, 0.29) is 11.3 Å². The molecule has 2 aliphatic rings. The Bertz CT molecular complexity index is 411. The van der Waals surface area contributed by atoms with E-state index < -0.39 is 0 Å². The molecule has 2 N–H and O–H groups in total. The Labute approximate surface area is 134 Å². The highest BCUT2D eigenvalue weighted by atomic mass is 16.1. The smallest absolute Gasteiger partial charge is 0.220 e. The van der Waals surface area contributed by atoms with Gasteiger partial charge in [0.1, 0.15) is 0 Å². The molecule has 22 heavy (non-hydrogen) atoms. The van der Waals surface area contributed by atoms with Gasteiger partial charge in [-0.15, -0.1) is 0 Å². The highest BCUT2D eigenvalue weighted by molar-refractivity contribution is 5.81. The average Bonchev–Trinajstić information content (AvgIpc) is 2.86. The predicted molar refractivity (Wildman–Crippen MR) is 90.0 cm³/mol. The number of likely N-dealkylation sites (tertiary alicyclic amines) is 1. The lowest BCUT2D eigenvalue weighted by molar-refractivity contribution is -0.119. The molecule has 2 fully saturated rings. The maximum atomic E-state index is 11.6. The predicted octanol–water partition coefficient (Wildman–Crippen LogP) is 0.506. The Balaban J connectivity index is 1.98. The zero-order valence-corrected chi connectivity index (χ0v) is 14.3. The summed E-state index contributed by atoms with van der Waals surface area (Å²) in [6, 6.07) is 0. The van der Waals surface area contributed by atoms with Crippen LogP contribution < -0.4 is 10.6 Å². The molecule has 6 nitrogen and oxygen atoms in total. The van der Waals surface area contributed by atoms with E-state index in [1.165, 1.54) is 0 Å². The molecule has 0 aromatic rings. The summed E-state index contributed by atoms with van der Waals surface area (Å²) in [7, 11) is 2.12. The molecule has 126 valence electrons. The van der Waals surface area contributed by atoms with E-state index in [4.69, 9.17) is 4.99 Å². The van der Waals surface area contributed by atoms with Gasteiger partial charge in [0, 0.05) is 44.6 Å². The van der Waals surface area contributed by atoms with Crippen molar-refractivity contribution in [2.75, 3.05) is 52.9 Å². The Kier molecular flexibility index (Phi) is 6.06. The summed E-state index contributed by atoms with van der Waals surface area (Å²) >= 11 is 0. The first-order valence-electron chi connectivity index (χ1n) is 8.57. The van der Waals surface area contributed by atoms with Gasteiger partial charge in [-0.05, 0) is 33.4 Å². The molecule has 1 amide bonds. The number of nitrogens with one attached hydrogen (secondary N) is 2. The van der Waals surface area contributed by atoms with E-state index in [9.17, 15) is 4.79 Å². The highest BCUT2D eigenvalue weighted by Crippen LogP contribution is 2.35. The maximum absolute atomic E-state index is 11.6. The van der Waals surface area contributed by atoms with Crippen LogP contribution in [0.3, 0.4) is 0 Å². The number of hydrogen-bond donors (Lipinski definition) is 2. The number of carbonyl (C=O) groups is 1. The van der Waals surface area contributed by atoms with Gasteiger partial charge in [-0.3, -0.25) is 9.79 Å². The van der Waals surface area contributed by atoms with Crippen molar-refractivity contribution >= 4 is 11.9 Å². The van der Waals surface area contributed by atoms with Crippen LogP contribution in [-0.4, -0.2) is 74.5 Å². The average molecular weight is 309 g/mol. The number of hydrogen-bond acceptors (Lipinski definition) is 3. The largest absolute Gasteiger partial charge is 0.357 e. The number of rotatable bonds is 5. The third-order valence-electron chi connectivity index (χ3n) is 4.78. The van der Waals surface area contributed by atoms with Crippen LogP contribution in [0.4, 0.5) is 0 Å². The van der Waals surface area contributed by atoms with E-state index in [1.807, 2.05) is 0 Å². The summed E-state index contributed by atoms with van der Waals surface area (Å²) < 4.78 is 0. The van der Waals surface area contributed by atoms with Crippen LogP contribution in [0.25, 0.3) is 0 Å². The first kappa shape index (κ1) is 17.1. The molecule has 1 spiro atoms. The summed E-state index contributed by atoms with van der Waals surface area (Å²) in [5.74, 6) is 1.21. The third kappa shape index (κ3) is 4.35. The molecule has 6 heteroatoms. The van der Waals surface area contributed by atoms with Crippen LogP contribution in [0.1, 0.15) is 33.1 Å². The van der Waals surface area contributed by atoms with Crippen LogP contribution in [-0.2, 0) is 4.79 Å². The minimum absolute atomic E-state index is 0.117. The van der Waals surface area contributed by atoms with Gasteiger partial charge in [0.05, 0.1) is 6.54 Å². The minimum Gasteiger partial charge on any atom is -0.357 e. The molecule has 0 aromatic heterocycles. The number of piperidine rings is 1. The molecule has 0 radical (unpaired) electrons. The zero-order valence-electron chi connectivity index (χ0n) is 14.3. The van der Waals surface area contributed by atoms with Gasteiger partial charge in [-0.25, -0.2) is 0 Å². The van der Waals surface area contributed by atoms with Gasteiger partial charge in [0.15, 0.2) is 5.96 Å². The highest BCUT2D eigenvalue weighted by Gasteiger charge is 2.42. The first-order chi connectivity index (χ1) is 10.6. The molecule has 0 aliphatic carbocycles. The molecule has 0 saturated carbocycles. The number of amides is 1. The van der Waals surface area contributed by atoms with Crippen LogP contribution in [0, 0.1) is 5.41 Å². The van der Waals surface area contributed by atoms with Gasteiger partial charge in [-0.2, -0.15) is 0 Å². The molecule has 2 saturated heterocycles. The fraction of sp³-hybridized carbons (Fsp3) is 0.875. The van der Waals surface area contributed by atoms with Crippen LogP contribution >= 0.6 is 0 Å². The second kappa shape index (κ2) is 7.81. The van der Waals surface area contributed by atoms with Crippen molar-refractivity contribution in [1.82, 2.24) is 20.4 Å². The number of likely N-dealkylation sites (N-methyl/N-ethyl adjacent to an activating group) is 1. The SMILES string of the molecule is CCNC(=NCCN(C)CC)N1CCCC2(CNC(=O)C2)C1. The van der Waals surface area contributed by atoms with Crippen molar-refractivity contribution < 1.29 is 4.79 Å². The van der Waals surface area contributed by atoms with Gasteiger partial charge < -0.3 is 20.4 Å². The molecule has 2 aliphatic heterocycles. The first-order valence-corrected chi connectivity index (χ1v) is 8.57. The molecule has 1 unspecified atom stereocenters. The summed E-state index contributed by atoms with van der Waals surface area (Å²) in [5.41, 5.74) is 0.117. The second-order valence-electron chi connectivity index (χ2n) is 6.61. The lowest BCUT2D eigenvalue weighted by atomic mass is 9.79. The lowest BCUT2D eigenvalue weighted by Crippen LogP contribution is -2.51. The monoisotopic (exact) mass is 309 g/mol. The standard InChI is InChI=1S/C16H31N5O/c1-4-17-15(18-8-10-20(3)5-2)21-9-6-7-16(13-21)11-14(22)19-12-16/h4-13H2,1-3H3,(H,17,18)(H,19,22). The van der Waals surface area contributed by atoms with Gasteiger partial charge in [0.2, 0.25) is 5.91 Å². The second-order valence-corrected chi connectivity index (χ2v) is 6.61. The van der Waals surface area contributed by atoms with Gasteiger partial charge in [0.25, 0.3) is 0 Å². The van der Waals surface area contributed by atoms with Crippen molar-refractivity contribution in [2.45, 2.75) is 33.1 Å². The van der Waals surface area contributed by atoms with Crippen molar-refractivity contribution in [3.05, 3.63) is 0 Å². The van der Waals surface area contributed by atoms with Crippen molar-refractivity contribution in [3.63, 3.8) is 0 Å². The molecule has 0 bridgehead atoms. The Hall–Kier alpha value is -1.30. The maximum Gasteiger partial charge on any atom is 0.220 e. The Morgan fingerprint density at radius 3 is 2.95 bits per heavy atom. The summed E-state index contributed by atoms with van der Waals surface area (Å²) in [5, 5.41) is 6.42. The topological polar surface area (TPSA) is 60.0 Å². The molecular weight excluding hydrogens is 278 g/mol. The number of carbonyl (C=O) groups excluding carboxylic acids is 1. The van der Waals surface area contributed by atoms with E-state index in [1.54, 1.807) is 0 Å². The Morgan fingerprint density at radius 2 is 2.32 bits per heavy atom. The van der Waals surface area contributed by atoms with Crippen LogP contribution in [0.2, 0.25) is 0 Å². The lowest BCUT2D eigenvalue weighted by Gasteiger charge is -2.40. The van der Waals surface area contributed by atoms with Crippen molar-refractivity contribution in [1.29, 1.82) is 0 Å². The van der Waals surface area contributed by atoms with Gasteiger partial charge in [-0.1, -0.05) is 6.92 Å². The van der Waals surface area contributed by atoms with Crippen molar-refractivity contribution in [2.24, 2.45) is 10.4 Å². The van der Waals surface area contributed by atoms with E-state index in [2.05, 4.69) is 41.3 Å². The molecule has 0 aromatic carbocycles. The fourth-order valence-corrected chi connectivity index (χ4v) is 3.34. The quantitative estimate of drug-likeness (QED) is 0.574. The number of guanidine groups is 1. The van der Waals surface area contributed by atoms with Crippen LogP contribution in [0.5, 0.6) is 0 Å². The molecule has 2 heterocycles. The molecular formula is C16H31N5O. The van der Waals surface area contributed by atoms with Crippen LogP contribution in [0.15, 0.2) is 4.99 Å². The molecule has 1 atom stereocenters. The summed E-state index contributed by atoms with van der Waals surface area (Å²) in [6.07, 6.45) is 2.94. The normalized spacial score (nSPS) is 25.9. The number of aliphatic imine (C=N–C) groups is 1. The minimum atomic E-state index is 0.117. The van der Waals surface area contributed by atoms with E-state index in [0.717, 1.165) is 64.6 Å². The fourth-order valence-electron chi connectivity index (χ4n) is 3.34.